The SMILES string of the molecule is CC(=O)[C@H]1CC[C@H]2[C@@H]3CCC4=CC(=O)CC[C@]4(C)[C@H]3[C@@H]3C[C@]12[C@@H](O)O3. The van der Waals surface area contributed by atoms with Gasteiger partial charge in [-0.15, -0.1) is 0 Å². The summed E-state index contributed by atoms with van der Waals surface area (Å²) in [5, 5.41) is 10.9. The largest absolute Gasteiger partial charge is 0.367 e. The Morgan fingerprint density at radius 3 is 2.84 bits per heavy atom. The number of carbonyl (C=O) groups excluding carboxylic acids is 2. The first-order valence-electron chi connectivity index (χ1n) is 9.96. The molecule has 5 rings (SSSR count). The number of ether oxygens (including phenoxy) is 1. The second-order valence-electron chi connectivity index (χ2n) is 9.47. The van der Waals surface area contributed by atoms with E-state index in [0.29, 0.717) is 24.2 Å². The summed E-state index contributed by atoms with van der Waals surface area (Å²) in [6, 6.07) is 0. The van der Waals surface area contributed by atoms with E-state index >= 15 is 0 Å². The lowest BCUT2D eigenvalue weighted by atomic mass is 9.46. The number of ketones is 2. The van der Waals surface area contributed by atoms with Crippen LogP contribution in [-0.2, 0) is 14.3 Å². The second-order valence-corrected chi connectivity index (χ2v) is 9.47. The van der Waals surface area contributed by atoms with Gasteiger partial charge in [-0.1, -0.05) is 12.5 Å². The lowest BCUT2D eigenvalue weighted by Crippen LogP contribution is -2.55. The first-order valence-corrected chi connectivity index (χ1v) is 9.96. The molecule has 25 heavy (non-hydrogen) atoms. The summed E-state index contributed by atoms with van der Waals surface area (Å²) < 4.78 is 6.17. The van der Waals surface area contributed by atoms with Crippen molar-refractivity contribution in [3.05, 3.63) is 11.6 Å². The minimum absolute atomic E-state index is 0.0199. The lowest BCUT2D eigenvalue weighted by Gasteiger charge is -2.57. The molecule has 1 spiro atoms. The van der Waals surface area contributed by atoms with Crippen LogP contribution in [0.25, 0.3) is 0 Å². The van der Waals surface area contributed by atoms with Crippen molar-refractivity contribution in [2.45, 2.75) is 71.2 Å². The molecule has 0 aromatic rings. The van der Waals surface area contributed by atoms with Crippen LogP contribution in [0, 0.1) is 34.5 Å². The van der Waals surface area contributed by atoms with Gasteiger partial charge in [0.2, 0.25) is 0 Å². The zero-order valence-corrected chi connectivity index (χ0v) is 15.2. The van der Waals surface area contributed by atoms with Crippen LogP contribution in [0.3, 0.4) is 0 Å². The maximum atomic E-state index is 12.3. The van der Waals surface area contributed by atoms with Crippen molar-refractivity contribution in [2.75, 3.05) is 0 Å². The molecule has 4 nitrogen and oxygen atoms in total. The predicted molar refractivity (Wildman–Crippen MR) is 91.5 cm³/mol. The Bertz CT molecular complexity index is 681. The van der Waals surface area contributed by atoms with Crippen LogP contribution in [0.15, 0.2) is 11.6 Å². The first-order chi connectivity index (χ1) is 11.9. The molecule has 0 aromatic heterocycles. The van der Waals surface area contributed by atoms with Gasteiger partial charge in [0.25, 0.3) is 0 Å². The number of hydrogen-bond donors (Lipinski definition) is 1. The summed E-state index contributed by atoms with van der Waals surface area (Å²) in [4.78, 5) is 24.2. The van der Waals surface area contributed by atoms with Crippen LogP contribution in [0.2, 0.25) is 0 Å². The number of allylic oxidation sites excluding steroid dienone is 1. The predicted octanol–water partition coefficient (Wildman–Crippen LogP) is 3.03. The third-order valence-corrected chi connectivity index (χ3v) is 8.74. The van der Waals surface area contributed by atoms with Crippen LogP contribution in [0.5, 0.6) is 0 Å². The van der Waals surface area contributed by atoms with Gasteiger partial charge in [0, 0.05) is 17.8 Å². The summed E-state index contributed by atoms with van der Waals surface area (Å²) in [7, 11) is 0. The molecule has 1 saturated heterocycles. The van der Waals surface area contributed by atoms with Gasteiger partial charge in [0.1, 0.15) is 5.78 Å². The molecule has 1 heterocycles. The number of aliphatic hydroxyl groups excluding tert-OH is 1. The Morgan fingerprint density at radius 1 is 1.28 bits per heavy atom. The molecule has 8 atom stereocenters. The molecule has 4 heteroatoms. The highest BCUT2D eigenvalue weighted by Crippen LogP contribution is 2.71. The number of rotatable bonds is 1. The van der Waals surface area contributed by atoms with Crippen molar-refractivity contribution < 1.29 is 19.4 Å². The van der Waals surface area contributed by atoms with Crippen LogP contribution < -0.4 is 0 Å². The normalized spacial score (nSPS) is 53.7. The van der Waals surface area contributed by atoms with Gasteiger partial charge >= 0.3 is 0 Å². The summed E-state index contributed by atoms with van der Waals surface area (Å²) in [5.41, 5.74) is 0.981. The van der Waals surface area contributed by atoms with Crippen molar-refractivity contribution in [3.8, 4) is 0 Å². The quantitative estimate of drug-likeness (QED) is 0.794. The molecule has 3 saturated carbocycles. The van der Waals surface area contributed by atoms with E-state index in [1.54, 1.807) is 6.92 Å². The fourth-order valence-corrected chi connectivity index (χ4v) is 7.81. The van der Waals surface area contributed by atoms with E-state index in [1.165, 1.54) is 5.57 Å². The number of aliphatic hydroxyl groups is 1. The molecule has 4 aliphatic carbocycles. The van der Waals surface area contributed by atoms with E-state index in [0.717, 1.165) is 38.5 Å². The van der Waals surface area contributed by atoms with E-state index in [-0.39, 0.29) is 34.4 Å². The summed E-state index contributed by atoms with van der Waals surface area (Å²) in [5.74, 6) is 1.71. The third-order valence-electron chi connectivity index (χ3n) is 8.74. The Hall–Kier alpha value is -1.00. The second kappa shape index (κ2) is 5.04. The zero-order chi connectivity index (χ0) is 17.6. The van der Waals surface area contributed by atoms with E-state index in [1.807, 2.05) is 6.08 Å². The fourth-order valence-electron chi connectivity index (χ4n) is 7.81. The Morgan fingerprint density at radius 2 is 2.08 bits per heavy atom. The first kappa shape index (κ1) is 16.2. The molecule has 0 unspecified atom stereocenters. The molecule has 0 amide bonds. The van der Waals surface area contributed by atoms with Crippen LogP contribution >= 0.6 is 0 Å². The third kappa shape index (κ3) is 1.85. The van der Waals surface area contributed by atoms with Crippen molar-refractivity contribution in [1.29, 1.82) is 0 Å². The maximum Gasteiger partial charge on any atom is 0.161 e. The van der Waals surface area contributed by atoms with Gasteiger partial charge in [-0.25, -0.2) is 0 Å². The number of carbonyl (C=O) groups is 2. The van der Waals surface area contributed by atoms with E-state index in [9.17, 15) is 14.7 Å². The smallest absolute Gasteiger partial charge is 0.161 e. The molecule has 4 fully saturated rings. The monoisotopic (exact) mass is 344 g/mol. The topological polar surface area (TPSA) is 63.6 Å². The summed E-state index contributed by atoms with van der Waals surface area (Å²) in [6.07, 6.45) is 7.48. The Balaban J connectivity index is 1.59. The molecule has 0 radical (unpaired) electrons. The maximum absolute atomic E-state index is 12.3. The van der Waals surface area contributed by atoms with E-state index < -0.39 is 6.29 Å². The fraction of sp³-hybridized carbons (Fsp3) is 0.810. The van der Waals surface area contributed by atoms with Crippen LogP contribution in [0.1, 0.15) is 58.8 Å². The van der Waals surface area contributed by atoms with Gasteiger partial charge in [-0.05, 0) is 74.7 Å². The molecule has 0 aromatic carbocycles. The highest BCUT2D eigenvalue weighted by Gasteiger charge is 2.71. The van der Waals surface area contributed by atoms with Crippen molar-refractivity contribution in [2.24, 2.45) is 34.5 Å². The standard InChI is InChI=1S/C21H28O4/c1-11(22)15-5-6-16-14-4-3-12-9-13(23)7-8-20(12,2)18(14)17-10-21(15,16)19(24)25-17/h9,14-19,24H,3-8,10H2,1-2H3/t14-,15+,16-,17-,18+,19-,20-,21-/m0/s1. The molecule has 1 aliphatic heterocycles. The van der Waals surface area contributed by atoms with Crippen molar-refractivity contribution >= 4 is 11.6 Å². The summed E-state index contributed by atoms with van der Waals surface area (Å²) >= 11 is 0. The lowest BCUT2D eigenvalue weighted by molar-refractivity contribution is -0.158. The minimum Gasteiger partial charge on any atom is -0.367 e. The molecule has 2 bridgehead atoms. The highest BCUT2D eigenvalue weighted by atomic mass is 16.6. The number of hydrogen-bond acceptors (Lipinski definition) is 4. The minimum atomic E-state index is -0.800. The van der Waals surface area contributed by atoms with E-state index in [4.69, 9.17) is 4.74 Å². The molecule has 1 N–H and O–H groups in total. The average Bonchev–Trinajstić information content (AvgIpc) is 3.08. The average molecular weight is 344 g/mol. The molecular weight excluding hydrogens is 316 g/mol. The summed E-state index contributed by atoms with van der Waals surface area (Å²) in [6.45, 7) is 4.00. The Kier molecular flexibility index (Phi) is 3.26. The number of Topliss-reactive ketones (excluding diaryl/α,β-unsaturated/α-hetero) is 1. The van der Waals surface area contributed by atoms with Crippen molar-refractivity contribution in [3.63, 3.8) is 0 Å². The molecular formula is C21H28O4. The molecule has 5 aliphatic rings. The zero-order valence-electron chi connectivity index (χ0n) is 15.2. The van der Waals surface area contributed by atoms with Crippen molar-refractivity contribution in [1.82, 2.24) is 0 Å². The molecule has 136 valence electrons. The van der Waals surface area contributed by atoms with Gasteiger partial charge in [0.15, 0.2) is 12.1 Å². The van der Waals surface area contributed by atoms with E-state index in [2.05, 4.69) is 6.92 Å². The highest BCUT2D eigenvalue weighted by molar-refractivity contribution is 5.91. The van der Waals surface area contributed by atoms with Gasteiger partial charge in [-0.2, -0.15) is 0 Å². The van der Waals surface area contributed by atoms with Gasteiger partial charge in [-0.3, -0.25) is 9.59 Å². The number of fused-ring (bicyclic) bond motifs is 6. The van der Waals surface area contributed by atoms with Gasteiger partial charge in [0.05, 0.1) is 6.10 Å². The van der Waals surface area contributed by atoms with Gasteiger partial charge < -0.3 is 9.84 Å². The van der Waals surface area contributed by atoms with Crippen LogP contribution in [-0.4, -0.2) is 29.1 Å². The van der Waals surface area contributed by atoms with Crippen LogP contribution in [0.4, 0.5) is 0 Å². The Labute approximate surface area is 149 Å².